The number of aromatic nitrogens is 6. The molecule has 0 aromatic carbocycles. The summed E-state index contributed by atoms with van der Waals surface area (Å²) in [4.78, 5) is 14.5. The minimum atomic E-state index is 0.0177. The van der Waals surface area contributed by atoms with Gasteiger partial charge in [0.1, 0.15) is 6.54 Å². The van der Waals surface area contributed by atoms with E-state index in [2.05, 4.69) is 20.6 Å². The molecule has 1 atom stereocenters. The minimum Gasteiger partial charge on any atom is -0.367 e. The third-order valence-corrected chi connectivity index (χ3v) is 4.04. The van der Waals surface area contributed by atoms with Gasteiger partial charge in [-0.1, -0.05) is 5.10 Å². The molecule has 3 rings (SSSR count). The highest BCUT2D eigenvalue weighted by molar-refractivity contribution is 5.76. The minimum absolute atomic E-state index is 0.0177. The van der Waals surface area contributed by atoms with E-state index in [1.54, 1.807) is 6.20 Å². The largest absolute Gasteiger partial charge is 0.367 e. The zero-order valence-electron chi connectivity index (χ0n) is 12.4. The van der Waals surface area contributed by atoms with Crippen LogP contribution in [0.2, 0.25) is 0 Å². The van der Waals surface area contributed by atoms with Crippen LogP contribution in [-0.4, -0.2) is 53.4 Å². The topological polar surface area (TPSA) is 108 Å². The van der Waals surface area contributed by atoms with Crippen LogP contribution in [0.25, 0.3) is 0 Å². The van der Waals surface area contributed by atoms with Gasteiger partial charge in [-0.15, -0.1) is 0 Å². The highest BCUT2D eigenvalue weighted by Gasteiger charge is 2.27. The number of rotatable bonds is 5. The summed E-state index contributed by atoms with van der Waals surface area (Å²) >= 11 is 0. The number of likely N-dealkylation sites (tertiary alicyclic amines) is 1. The van der Waals surface area contributed by atoms with E-state index in [1.165, 1.54) is 4.68 Å². The molecular weight excluding hydrogens is 284 g/mol. The highest BCUT2D eigenvalue weighted by atomic mass is 16.2. The van der Waals surface area contributed by atoms with Crippen LogP contribution in [0.15, 0.2) is 18.5 Å². The van der Waals surface area contributed by atoms with Gasteiger partial charge in [-0.2, -0.15) is 5.10 Å². The van der Waals surface area contributed by atoms with Crippen molar-refractivity contribution in [2.75, 3.05) is 12.3 Å². The number of amides is 1. The summed E-state index contributed by atoms with van der Waals surface area (Å²) in [5.41, 5.74) is 5.62. The Labute approximate surface area is 128 Å². The van der Waals surface area contributed by atoms with Crippen molar-refractivity contribution in [1.82, 2.24) is 34.9 Å². The van der Waals surface area contributed by atoms with Crippen molar-refractivity contribution in [2.45, 2.75) is 44.8 Å². The fourth-order valence-corrected chi connectivity index (χ4v) is 2.89. The van der Waals surface area contributed by atoms with Gasteiger partial charge in [0.05, 0.1) is 0 Å². The van der Waals surface area contributed by atoms with Crippen molar-refractivity contribution in [3.8, 4) is 0 Å². The van der Waals surface area contributed by atoms with E-state index in [4.69, 9.17) is 5.73 Å². The third-order valence-electron chi connectivity index (χ3n) is 4.04. The number of carbonyl (C=O) groups is 1. The van der Waals surface area contributed by atoms with Gasteiger partial charge in [0.2, 0.25) is 11.9 Å². The molecule has 9 heteroatoms. The molecule has 0 saturated carbocycles. The van der Waals surface area contributed by atoms with Crippen LogP contribution < -0.4 is 5.73 Å². The van der Waals surface area contributed by atoms with Gasteiger partial charge in [0.25, 0.3) is 0 Å². The first-order valence-corrected chi connectivity index (χ1v) is 7.52. The molecule has 2 N–H and O–H groups in total. The van der Waals surface area contributed by atoms with Crippen molar-refractivity contribution in [2.24, 2.45) is 0 Å². The van der Waals surface area contributed by atoms with E-state index < -0.39 is 0 Å². The van der Waals surface area contributed by atoms with Crippen LogP contribution in [0.4, 0.5) is 5.95 Å². The summed E-state index contributed by atoms with van der Waals surface area (Å²) in [5.74, 6) is 0.183. The van der Waals surface area contributed by atoms with Crippen LogP contribution in [0, 0.1) is 0 Å². The Hall–Kier alpha value is -2.45. The Morgan fingerprint density at radius 2 is 2.32 bits per heavy atom. The number of aryl methyl sites for hydroxylation is 1. The average Bonchev–Trinajstić information content (AvgIpc) is 3.18. The Balaban J connectivity index is 1.61. The van der Waals surface area contributed by atoms with Crippen molar-refractivity contribution >= 4 is 11.9 Å². The maximum atomic E-state index is 12.5. The molecule has 3 heterocycles. The van der Waals surface area contributed by atoms with Crippen LogP contribution in [0.5, 0.6) is 0 Å². The fraction of sp³-hybridized carbons (Fsp3) is 0.615. The first kappa shape index (κ1) is 14.5. The Bertz CT molecular complexity index is 607. The molecule has 1 fully saturated rings. The molecule has 0 spiro atoms. The molecule has 1 amide bonds. The normalized spacial score (nSPS) is 18.5. The number of piperidine rings is 1. The SMILES string of the molecule is Nc1nnnn1CC(=O)N1CCCC[C@H]1CCn1cccn1. The Morgan fingerprint density at radius 3 is 3.05 bits per heavy atom. The second kappa shape index (κ2) is 6.54. The molecule has 0 bridgehead atoms. The smallest absolute Gasteiger partial charge is 0.244 e. The molecule has 2 aromatic rings. The molecular formula is C13H20N8O. The number of hydrogen-bond donors (Lipinski definition) is 1. The van der Waals surface area contributed by atoms with Gasteiger partial charge in [0, 0.05) is 31.5 Å². The van der Waals surface area contributed by atoms with E-state index in [0.717, 1.165) is 38.8 Å². The van der Waals surface area contributed by atoms with Gasteiger partial charge >= 0.3 is 0 Å². The average molecular weight is 304 g/mol. The molecule has 1 aliphatic rings. The second-order valence-electron chi connectivity index (χ2n) is 5.49. The number of hydrogen-bond acceptors (Lipinski definition) is 6. The Morgan fingerprint density at radius 1 is 1.41 bits per heavy atom. The van der Waals surface area contributed by atoms with Crippen molar-refractivity contribution < 1.29 is 4.79 Å². The zero-order valence-corrected chi connectivity index (χ0v) is 12.4. The Kier molecular flexibility index (Phi) is 4.31. The zero-order chi connectivity index (χ0) is 15.4. The summed E-state index contributed by atoms with van der Waals surface area (Å²) in [5, 5.41) is 15.0. The summed E-state index contributed by atoms with van der Waals surface area (Å²) in [6, 6.07) is 2.15. The van der Waals surface area contributed by atoms with Crippen molar-refractivity contribution in [3.63, 3.8) is 0 Å². The van der Waals surface area contributed by atoms with Crippen LogP contribution >= 0.6 is 0 Å². The lowest BCUT2D eigenvalue weighted by Gasteiger charge is -2.35. The molecule has 0 aliphatic carbocycles. The van der Waals surface area contributed by atoms with E-state index in [-0.39, 0.29) is 24.4 Å². The number of tetrazole rings is 1. The van der Waals surface area contributed by atoms with E-state index in [9.17, 15) is 4.79 Å². The molecule has 118 valence electrons. The fourth-order valence-electron chi connectivity index (χ4n) is 2.89. The number of anilines is 1. The summed E-state index contributed by atoms with van der Waals surface area (Å²) in [6.45, 7) is 1.69. The monoisotopic (exact) mass is 304 g/mol. The number of nitrogens with zero attached hydrogens (tertiary/aromatic N) is 7. The van der Waals surface area contributed by atoms with Gasteiger partial charge < -0.3 is 10.6 Å². The van der Waals surface area contributed by atoms with Gasteiger partial charge in [-0.3, -0.25) is 9.48 Å². The lowest BCUT2D eigenvalue weighted by Crippen LogP contribution is -2.45. The third kappa shape index (κ3) is 3.23. The molecule has 0 unspecified atom stereocenters. The second-order valence-corrected chi connectivity index (χ2v) is 5.49. The van der Waals surface area contributed by atoms with Gasteiger partial charge in [-0.05, 0) is 42.2 Å². The lowest BCUT2D eigenvalue weighted by molar-refractivity contribution is -0.136. The maximum absolute atomic E-state index is 12.5. The predicted molar refractivity (Wildman–Crippen MR) is 78.4 cm³/mol. The number of carbonyl (C=O) groups excluding carboxylic acids is 1. The van der Waals surface area contributed by atoms with Gasteiger partial charge in [-0.25, -0.2) is 4.68 Å². The van der Waals surface area contributed by atoms with Crippen LogP contribution in [0.3, 0.4) is 0 Å². The first-order valence-electron chi connectivity index (χ1n) is 7.52. The number of nitrogens with two attached hydrogens (primary N) is 1. The predicted octanol–water partition coefficient (Wildman–Crippen LogP) is -0.0768. The van der Waals surface area contributed by atoms with Crippen LogP contribution in [0.1, 0.15) is 25.7 Å². The molecule has 1 saturated heterocycles. The van der Waals surface area contributed by atoms with E-state index in [0.29, 0.717) is 0 Å². The number of nitrogen functional groups attached to an aromatic ring is 1. The van der Waals surface area contributed by atoms with Crippen molar-refractivity contribution in [1.29, 1.82) is 0 Å². The summed E-state index contributed by atoms with van der Waals surface area (Å²) in [6.07, 6.45) is 7.83. The molecule has 1 aliphatic heterocycles. The quantitative estimate of drug-likeness (QED) is 0.828. The first-order chi connectivity index (χ1) is 10.7. The van der Waals surface area contributed by atoms with Gasteiger partial charge in [0.15, 0.2) is 0 Å². The maximum Gasteiger partial charge on any atom is 0.244 e. The highest BCUT2D eigenvalue weighted by Crippen LogP contribution is 2.20. The molecule has 9 nitrogen and oxygen atoms in total. The summed E-state index contributed by atoms with van der Waals surface area (Å²) in [7, 11) is 0. The summed E-state index contributed by atoms with van der Waals surface area (Å²) < 4.78 is 3.23. The van der Waals surface area contributed by atoms with Crippen molar-refractivity contribution in [3.05, 3.63) is 18.5 Å². The molecule has 22 heavy (non-hydrogen) atoms. The molecule has 0 radical (unpaired) electrons. The van der Waals surface area contributed by atoms with E-state index >= 15 is 0 Å². The lowest BCUT2D eigenvalue weighted by atomic mass is 9.99. The van der Waals surface area contributed by atoms with E-state index in [1.807, 2.05) is 21.8 Å². The van der Waals surface area contributed by atoms with Crippen LogP contribution in [-0.2, 0) is 17.9 Å². The standard InChI is InChI=1S/C13H20N8O/c14-13-16-17-18-21(13)10-12(22)20-8-2-1-4-11(20)5-9-19-7-3-6-15-19/h3,6-7,11H,1-2,4-5,8-10H2,(H2,14,16,18)/t11-/m0/s1. The molecule has 2 aromatic heterocycles.